The van der Waals surface area contributed by atoms with Crippen molar-refractivity contribution >= 4 is 21.6 Å². The number of benzene rings is 3. The van der Waals surface area contributed by atoms with Crippen molar-refractivity contribution in [2.75, 3.05) is 17.1 Å². The molecule has 1 amide bonds. The van der Waals surface area contributed by atoms with Crippen molar-refractivity contribution in [3.05, 3.63) is 101 Å². The fraction of sp³-hybridized carbons (Fsp3) is 0.208. The summed E-state index contributed by atoms with van der Waals surface area (Å²) in [7, 11) is -3.70. The Balaban J connectivity index is 1.67. The number of hydrogen-bond donors (Lipinski definition) is 1. The molecule has 7 heteroatoms. The van der Waals surface area contributed by atoms with Gasteiger partial charge in [0.25, 0.3) is 5.91 Å². The number of hydrogen-bond acceptors (Lipinski definition) is 3. The monoisotopic (exact) mass is 440 g/mol. The molecule has 0 radical (unpaired) electrons. The minimum Gasteiger partial charge on any atom is -0.351 e. The molecular formula is C24H25FN2O3S. The highest BCUT2D eigenvalue weighted by atomic mass is 32.2. The van der Waals surface area contributed by atoms with Crippen LogP contribution in [-0.4, -0.2) is 27.1 Å². The van der Waals surface area contributed by atoms with Gasteiger partial charge in [-0.05, 0) is 41.3 Å². The number of carbonyl (C=O) groups excluding carboxylic acids is 1. The van der Waals surface area contributed by atoms with Crippen molar-refractivity contribution in [1.82, 2.24) is 5.32 Å². The van der Waals surface area contributed by atoms with Gasteiger partial charge in [0.15, 0.2) is 0 Å². The summed E-state index contributed by atoms with van der Waals surface area (Å²) in [6.45, 7) is 2.51. The maximum Gasteiger partial charge on any atom is 0.251 e. The summed E-state index contributed by atoms with van der Waals surface area (Å²) in [5.74, 6) is -0.645. The van der Waals surface area contributed by atoms with Crippen LogP contribution < -0.4 is 9.62 Å². The Morgan fingerprint density at radius 1 is 0.968 bits per heavy atom. The molecule has 0 saturated carbocycles. The van der Waals surface area contributed by atoms with Gasteiger partial charge in [0.2, 0.25) is 10.0 Å². The Labute approximate surface area is 182 Å². The third-order valence-electron chi connectivity index (χ3n) is 5.00. The van der Waals surface area contributed by atoms with Crippen LogP contribution in [-0.2, 0) is 16.6 Å². The molecule has 1 N–H and O–H groups in total. The third kappa shape index (κ3) is 5.92. The molecule has 162 valence electrons. The molecule has 3 aromatic rings. The topological polar surface area (TPSA) is 66.5 Å². The first-order valence-corrected chi connectivity index (χ1v) is 11.7. The highest BCUT2D eigenvalue weighted by Crippen LogP contribution is 2.24. The van der Waals surface area contributed by atoms with Crippen molar-refractivity contribution in [2.24, 2.45) is 0 Å². The number of rotatable bonds is 8. The highest BCUT2D eigenvalue weighted by molar-refractivity contribution is 7.92. The summed E-state index contributed by atoms with van der Waals surface area (Å²) >= 11 is 0. The molecule has 0 aliphatic carbocycles. The van der Waals surface area contributed by atoms with E-state index in [-0.39, 0.29) is 24.1 Å². The van der Waals surface area contributed by atoms with E-state index in [0.29, 0.717) is 17.7 Å². The Morgan fingerprint density at radius 2 is 1.58 bits per heavy atom. The van der Waals surface area contributed by atoms with E-state index in [1.807, 2.05) is 37.3 Å². The fourth-order valence-corrected chi connectivity index (χ4v) is 4.10. The first kappa shape index (κ1) is 22.5. The third-order valence-corrected chi connectivity index (χ3v) is 6.13. The standard InChI is InChI=1S/C24H25FN2O3S/c1-18(20-8-4-3-5-9-20)16-26-24(28)21-14-12-19(13-15-21)17-27(31(2,29)30)23-11-7-6-10-22(23)25/h3-15,18H,16-17H2,1-2H3,(H,26,28)/t18-/m1/s1. The first-order chi connectivity index (χ1) is 14.8. The number of para-hydroxylation sites is 1. The van der Waals surface area contributed by atoms with Gasteiger partial charge in [-0.2, -0.15) is 0 Å². The number of anilines is 1. The zero-order valence-corrected chi connectivity index (χ0v) is 18.3. The molecule has 0 fully saturated rings. The Hall–Kier alpha value is -3.19. The van der Waals surface area contributed by atoms with Crippen molar-refractivity contribution in [3.8, 4) is 0 Å². The molecule has 0 spiro atoms. The van der Waals surface area contributed by atoms with Crippen LogP contribution in [0.3, 0.4) is 0 Å². The zero-order valence-electron chi connectivity index (χ0n) is 17.5. The van der Waals surface area contributed by atoms with Crippen molar-refractivity contribution in [3.63, 3.8) is 0 Å². The molecular weight excluding hydrogens is 415 g/mol. The molecule has 0 heterocycles. The van der Waals surface area contributed by atoms with Crippen LogP contribution in [0.1, 0.15) is 34.3 Å². The summed E-state index contributed by atoms with van der Waals surface area (Å²) in [6.07, 6.45) is 1.04. The van der Waals surface area contributed by atoms with E-state index in [1.54, 1.807) is 30.3 Å². The van der Waals surface area contributed by atoms with Gasteiger partial charge in [0.1, 0.15) is 5.82 Å². The summed E-state index contributed by atoms with van der Waals surface area (Å²) in [4.78, 5) is 12.5. The number of sulfonamides is 1. The number of nitrogens with zero attached hydrogens (tertiary/aromatic N) is 1. The SMILES string of the molecule is C[C@H](CNC(=O)c1ccc(CN(c2ccccc2F)S(C)(=O)=O)cc1)c1ccccc1. The van der Waals surface area contributed by atoms with Crippen molar-refractivity contribution in [1.29, 1.82) is 0 Å². The van der Waals surface area contributed by atoms with E-state index in [4.69, 9.17) is 0 Å². The molecule has 1 atom stereocenters. The number of carbonyl (C=O) groups is 1. The number of amides is 1. The van der Waals surface area contributed by atoms with E-state index < -0.39 is 15.8 Å². The average molecular weight is 441 g/mol. The van der Waals surface area contributed by atoms with E-state index in [9.17, 15) is 17.6 Å². The van der Waals surface area contributed by atoms with Crippen LogP contribution in [0.5, 0.6) is 0 Å². The van der Waals surface area contributed by atoms with Gasteiger partial charge in [0, 0.05) is 12.1 Å². The molecule has 0 saturated heterocycles. The molecule has 0 aliphatic heterocycles. The van der Waals surface area contributed by atoms with Gasteiger partial charge in [-0.15, -0.1) is 0 Å². The average Bonchev–Trinajstić information content (AvgIpc) is 2.76. The second kappa shape index (κ2) is 9.75. The minimum absolute atomic E-state index is 0.0123. The number of nitrogens with one attached hydrogen (secondary N) is 1. The summed E-state index contributed by atoms with van der Waals surface area (Å²) < 4.78 is 39.6. The largest absolute Gasteiger partial charge is 0.351 e. The van der Waals surface area contributed by atoms with Gasteiger partial charge in [0.05, 0.1) is 18.5 Å². The van der Waals surface area contributed by atoms with Gasteiger partial charge in [-0.25, -0.2) is 12.8 Å². The van der Waals surface area contributed by atoms with Crippen molar-refractivity contribution in [2.45, 2.75) is 19.4 Å². The van der Waals surface area contributed by atoms with Gasteiger partial charge >= 0.3 is 0 Å². The Bertz CT molecular complexity index is 1130. The van der Waals surface area contributed by atoms with E-state index >= 15 is 0 Å². The van der Waals surface area contributed by atoms with Crippen LogP contribution in [0.25, 0.3) is 0 Å². The van der Waals surface area contributed by atoms with E-state index in [1.165, 1.54) is 18.2 Å². The van der Waals surface area contributed by atoms with Gasteiger partial charge in [-0.3, -0.25) is 9.10 Å². The lowest BCUT2D eigenvalue weighted by Crippen LogP contribution is -2.30. The van der Waals surface area contributed by atoms with Crippen LogP contribution in [0.4, 0.5) is 10.1 Å². The molecule has 0 aromatic heterocycles. The second-order valence-electron chi connectivity index (χ2n) is 7.44. The Morgan fingerprint density at radius 3 is 2.19 bits per heavy atom. The van der Waals surface area contributed by atoms with Crippen LogP contribution in [0.2, 0.25) is 0 Å². The molecule has 3 rings (SSSR count). The zero-order chi connectivity index (χ0) is 22.4. The molecule has 5 nitrogen and oxygen atoms in total. The smallest absolute Gasteiger partial charge is 0.251 e. The normalized spacial score (nSPS) is 12.2. The van der Waals surface area contributed by atoms with Gasteiger partial charge < -0.3 is 5.32 Å². The minimum atomic E-state index is -3.70. The van der Waals surface area contributed by atoms with Crippen molar-refractivity contribution < 1.29 is 17.6 Å². The van der Waals surface area contributed by atoms with E-state index in [2.05, 4.69) is 5.32 Å². The molecule has 0 unspecified atom stereocenters. The summed E-state index contributed by atoms with van der Waals surface area (Å²) in [5.41, 5.74) is 2.25. The lowest BCUT2D eigenvalue weighted by Gasteiger charge is -2.23. The van der Waals surface area contributed by atoms with Gasteiger partial charge in [-0.1, -0.05) is 61.5 Å². The lowest BCUT2D eigenvalue weighted by atomic mass is 10.0. The quantitative estimate of drug-likeness (QED) is 0.567. The summed E-state index contributed by atoms with van der Waals surface area (Å²) in [6, 6.07) is 22.3. The molecule has 0 aliphatic rings. The molecule has 3 aromatic carbocycles. The second-order valence-corrected chi connectivity index (χ2v) is 9.35. The Kier molecular flexibility index (Phi) is 7.07. The van der Waals surface area contributed by atoms with Crippen LogP contribution in [0.15, 0.2) is 78.9 Å². The number of halogens is 1. The maximum absolute atomic E-state index is 14.2. The molecule has 31 heavy (non-hydrogen) atoms. The predicted octanol–water partition coefficient (Wildman–Crippen LogP) is 4.33. The van der Waals surface area contributed by atoms with Crippen LogP contribution in [0, 0.1) is 5.82 Å². The predicted molar refractivity (Wildman–Crippen MR) is 121 cm³/mol. The lowest BCUT2D eigenvalue weighted by molar-refractivity contribution is 0.0951. The van der Waals surface area contributed by atoms with Crippen LogP contribution >= 0.6 is 0 Å². The molecule has 0 bridgehead atoms. The maximum atomic E-state index is 14.2. The first-order valence-electron chi connectivity index (χ1n) is 9.90. The summed E-state index contributed by atoms with van der Waals surface area (Å²) in [5, 5.41) is 2.92. The van der Waals surface area contributed by atoms with E-state index in [0.717, 1.165) is 16.1 Å². The highest BCUT2D eigenvalue weighted by Gasteiger charge is 2.21. The fourth-order valence-electron chi connectivity index (χ4n) is 3.21.